The van der Waals surface area contributed by atoms with Crippen LogP contribution in [0.4, 0.5) is 4.39 Å². The number of amides is 1. The molecule has 134 valence electrons. The molecular weight excluding hydrogens is 307 g/mol. The van der Waals surface area contributed by atoms with Gasteiger partial charge in [-0.1, -0.05) is 26.0 Å². The maximum Gasteiger partial charge on any atom is 0.236 e. The summed E-state index contributed by atoms with van der Waals surface area (Å²) >= 11 is 0. The Bertz CT molecular complexity index is 531. The Kier molecular flexibility index (Phi) is 6.75. The minimum absolute atomic E-state index is 0.107. The van der Waals surface area contributed by atoms with Crippen LogP contribution in [-0.4, -0.2) is 54.5 Å². The van der Waals surface area contributed by atoms with Crippen molar-refractivity contribution in [3.8, 4) is 0 Å². The van der Waals surface area contributed by atoms with Gasteiger partial charge >= 0.3 is 0 Å². The van der Waals surface area contributed by atoms with Crippen LogP contribution < -0.4 is 0 Å². The summed E-state index contributed by atoms with van der Waals surface area (Å²) in [6.45, 7) is 11.5. The number of halogens is 1. The first kappa shape index (κ1) is 18.9. The van der Waals surface area contributed by atoms with Crippen LogP contribution >= 0.6 is 0 Å². The van der Waals surface area contributed by atoms with Gasteiger partial charge in [0.1, 0.15) is 5.82 Å². The number of hydrogen-bond donors (Lipinski definition) is 0. The highest BCUT2D eigenvalue weighted by Crippen LogP contribution is 2.22. The van der Waals surface area contributed by atoms with Gasteiger partial charge < -0.3 is 9.64 Å². The van der Waals surface area contributed by atoms with Crippen molar-refractivity contribution in [1.29, 1.82) is 0 Å². The number of hydrogen-bond acceptors (Lipinski definition) is 3. The van der Waals surface area contributed by atoms with Crippen molar-refractivity contribution in [2.24, 2.45) is 5.92 Å². The SMILES string of the molecule is CC(C)CN(C(=O)CN1CCOC(c2ccc(F)cc2)C1)C(C)C. The van der Waals surface area contributed by atoms with E-state index < -0.39 is 0 Å². The lowest BCUT2D eigenvalue weighted by molar-refractivity contribution is -0.136. The Morgan fingerprint density at radius 1 is 1.29 bits per heavy atom. The molecule has 0 saturated carbocycles. The largest absolute Gasteiger partial charge is 0.371 e. The lowest BCUT2D eigenvalue weighted by atomic mass is 10.1. The summed E-state index contributed by atoms with van der Waals surface area (Å²) in [5.74, 6) is 0.370. The molecule has 1 aliphatic rings. The van der Waals surface area contributed by atoms with E-state index in [1.54, 1.807) is 12.1 Å². The zero-order chi connectivity index (χ0) is 17.7. The van der Waals surface area contributed by atoms with Crippen molar-refractivity contribution in [1.82, 2.24) is 9.80 Å². The maximum atomic E-state index is 13.1. The summed E-state index contributed by atoms with van der Waals surface area (Å²) in [6.07, 6.45) is -0.107. The standard InChI is InChI=1S/C19H29FN2O2/c1-14(2)11-22(15(3)4)19(23)13-21-9-10-24-18(12-21)16-5-7-17(20)8-6-16/h5-8,14-15,18H,9-13H2,1-4H3. The van der Waals surface area contributed by atoms with Gasteiger partial charge in [-0.05, 0) is 37.5 Å². The highest BCUT2D eigenvalue weighted by atomic mass is 19.1. The normalized spacial score (nSPS) is 19.0. The number of morpholine rings is 1. The molecule has 1 unspecified atom stereocenters. The fourth-order valence-electron chi connectivity index (χ4n) is 3.00. The first-order valence-corrected chi connectivity index (χ1v) is 8.75. The summed E-state index contributed by atoms with van der Waals surface area (Å²) in [5.41, 5.74) is 0.955. The van der Waals surface area contributed by atoms with Crippen LogP contribution in [-0.2, 0) is 9.53 Å². The van der Waals surface area contributed by atoms with E-state index in [-0.39, 0.29) is 23.9 Å². The molecule has 1 fully saturated rings. The predicted molar refractivity (Wildman–Crippen MR) is 93.2 cm³/mol. The zero-order valence-electron chi connectivity index (χ0n) is 15.2. The van der Waals surface area contributed by atoms with E-state index in [1.165, 1.54) is 12.1 Å². The molecule has 1 aromatic carbocycles. The van der Waals surface area contributed by atoms with Gasteiger partial charge in [0, 0.05) is 25.7 Å². The van der Waals surface area contributed by atoms with Crippen molar-refractivity contribution in [3.05, 3.63) is 35.6 Å². The Morgan fingerprint density at radius 3 is 2.54 bits per heavy atom. The second-order valence-corrected chi connectivity index (χ2v) is 7.18. The van der Waals surface area contributed by atoms with Gasteiger partial charge in [0.25, 0.3) is 0 Å². The molecule has 0 aromatic heterocycles. The third kappa shape index (κ3) is 5.28. The maximum absolute atomic E-state index is 13.1. The second-order valence-electron chi connectivity index (χ2n) is 7.18. The Morgan fingerprint density at radius 2 is 1.96 bits per heavy atom. The second kappa shape index (κ2) is 8.58. The van der Waals surface area contributed by atoms with Crippen LogP contribution in [0.3, 0.4) is 0 Å². The molecule has 0 N–H and O–H groups in total. The van der Waals surface area contributed by atoms with Crippen LogP contribution in [0.25, 0.3) is 0 Å². The van der Waals surface area contributed by atoms with Crippen molar-refractivity contribution in [3.63, 3.8) is 0 Å². The molecule has 1 aromatic rings. The highest BCUT2D eigenvalue weighted by molar-refractivity contribution is 5.78. The van der Waals surface area contributed by atoms with Gasteiger partial charge in [-0.15, -0.1) is 0 Å². The fourth-order valence-corrected chi connectivity index (χ4v) is 3.00. The van der Waals surface area contributed by atoms with Gasteiger partial charge in [-0.3, -0.25) is 9.69 Å². The van der Waals surface area contributed by atoms with Gasteiger partial charge in [0.2, 0.25) is 5.91 Å². The molecule has 0 aliphatic carbocycles. The molecule has 0 bridgehead atoms. The van der Waals surface area contributed by atoms with Gasteiger partial charge in [-0.25, -0.2) is 4.39 Å². The highest BCUT2D eigenvalue weighted by Gasteiger charge is 2.26. The zero-order valence-corrected chi connectivity index (χ0v) is 15.2. The van der Waals surface area contributed by atoms with Crippen molar-refractivity contribution in [2.75, 3.05) is 32.8 Å². The summed E-state index contributed by atoms with van der Waals surface area (Å²) < 4.78 is 18.9. The fraction of sp³-hybridized carbons (Fsp3) is 0.632. The molecule has 1 aliphatic heterocycles. The Labute approximate surface area is 144 Å². The van der Waals surface area contributed by atoms with E-state index in [1.807, 2.05) is 4.90 Å². The van der Waals surface area contributed by atoms with E-state index in [0.29, 0.717) is 25.6 Å². The molecule has 0 radical (unpaired) electrons. The minimum atomic E-state index is -0.247. The van der Waals surface area contributed by atoms with Gasteiger partial charge in [0.05, 0.1) is 19.3 Å². The first-order chi connectivity index (χ1) is 11.4. The van der Waals surface area contributed by atoms with Crippen LogP contribution in [0.15, 0.2) is 24.3 Å². The molecule has 1 amide bonds. The Balaban J connectivity index is 1.96. The lowest BCUT2D eigenvalue weighted by Crippen LogP contribution is -2.48. The topological polar surface area (TPSA) is 32.8 Å². The summed E-state index contributed by atoms with van der Waals surface area (Å²) in [6, 6.07) is 6.61. The first-order valence-electron chi connectivity index (χ1n) is 8.75. The molecule has 2 rings (SSSR count). The average Bonchev–Trinajstić information content (AvgIpc) is 2.53. The van der Waals surface area contributed by atoms with E-state index in [4.69, 9.17) is 4.74 Å². The summed E-state index contributed by atoms with van der Waals surface area (Å²) in [5, 5.41) is 0. The van der Waals surface area contributed by atoms with E-state index in [2.05, 4.69) is 32.6 Å². The van der Waals surface area contributed by atoms with Crippen LogP contribution in [0.5, 0.6) is 0 Å². The quantitative estimate of drug-likeness (QED) is 0.800. The van der Waals surface area contributed by atoms with E-state index >= 15 is 0 Å². The molecule has 0 spiro atoms. The van der Waals surface area contributed by atoms with Crippen molar-refractivity contribution < 1.29 is 13.9 Å². The number of benzene rings is 1. The van der Waals surface area contributed by atoms with Crippen LogP contribution in [0.2, 0.25) is 0 Å². The summed E-state index contributed by atoms with van der Waals surface area (Å²) in [7, 11) is 0. The number of rotatable bonds is 6. The minimum Gasteiger partial charge on any atom is -0.371 e. The third-order valence-electron chi connectivity index (χ3n) is 4.26. The van der Waals surface area contributed by atoms with Crippen LogP contribution in [0.1, 0.15) is 39.4 Å². The van der Waals surface area contributed by atoms with Gasteiger partial charge in [0.15, 0.2) is 0 Å². The number of carbonyl (C=O) groups excluding carboxylic acids is 1. The number of ether oxygens (including phenoxy) is 1. The third-order valence-corrected chi connectivity index (χ3v) is 4.26. The molecule has 1 saturated heterocycles. The average molecular weight is 336 g/mol. The molecular formula is C19H29FN2O2. The van der Waals surface area contributed by atoms with Crippen molar-refractivity contribution in [2.45, 2.75) is 39.8 Å². The molecule has 4 nitrogen and oxygen atoms in total. The monoisotopic (exact) mass is 336 g/mol. The Hall–Kier alpha value is -1.46. The van der Waals surface area contributed by atoms with E-state index in [0.717, 1.165) is 18.7 Å². The van der Waals surface area contributed by atoms with E-state index in [9.17, 15) is 9.18 Å². The van der Waals surface area contributed by atoms with Gasteiger partial charge in [-0.2, -0.15) is 0 Å². The molecule has 5 heteroatoms. The molecule has 1 atom stereocenters. The lowest BCUT2D eigenvalue weighted by Gasteiger charge is -2.35. The molecule has 24 heavy (non-hydrogen) atoms. The van der Waals surface area contributed by atoms with Crippen molar-refractivity contribution >= 4 is 5.91 Å². The number of nitrogens with zero attached hydrogens (tertiary/aromatic N) is 2. The summed E-state index contributed by atoms with van der Waals surface area (Å²) in [4.78, 5) is 16.8. The number of carbonyl (C=O) groups is 1. The van der Waals surface area contributed by atoms with Crippen LogP contribution in [0, 0.1) is 11.7 Å². The smallest absolute Gasteiger partial charge is 0.236 e. The predicted octanol–water partition coefficient (Wildman–Crippen LogP) is 3.09. The molecule has 1 heterocycles.